The van der Waals surface area contributed by atoms with Crippen molar-refractivity contribution in [3.63, 3.8) is 0 Å². The molecule has 0 spiro atoms. The summed E-state index contributed by atoms with van der Waals surface area (Å²) in [6.07, 6.45) is 31.7. The molecule has 0 heterocycles. The molecule has 1 aliphatic rings. The van der Waals surface area contributed by atoms with E-state index < -0.39 is 0 Å². The van der Waals surface area contributed by atoms with Gasteiger partial charge in [-0.3, -0.25) is 0 Å². The summed E-state index contributed by atoms with van der Waals surface area (Å²) in [6.45, 7) is 0. The summed E-state index contributed by atoms with van der Waals surface area (Å²) in [6, 6.07) is 0. The third-order valence-corrected chi connectivity index (χ3v) is 2.36. The lowest BCUT2D eigenvalue weighted by molar-refractivity contribution is 1.50. The first kappa shape index (κ1) is 14.0. The summed E-state index contributed by atoms with van der Waals surface area (Å²) >= 11 is 0. The Kier molecular flexibility index (Phi) is 7.93. The van der Waals surface area contributed by atoms with Crippen LogP contribution in [0.2, 0.25) is 6.32 Å². The first-order chi connectivity index (χ1) is 8.93. The molecule has 1 aliphatic carbocycles. The van der Waals surface area contributed by atoms with Gasteiger partial charge in [-0.15, -0.1) is 0 Å². The van der Waals surface area contributed by atoms with Crippen LogP contribution in [0.3, 0.4) is 0 Å². The molecule has 0 aliphatic heterocycles. The van der Waals surface area contributed by atoms with Gasteiger partial charge in [-0.2, -0.15) is 0 Å². The molecule has 1 heteroatoms. The van der Waals surface area contributed by atoms with Crippen LogP contribution in [0.25, 0.3) is 0 Å². The first-order valence-corrected chi connectivity index (χ1v) is 6.30. The molecule has 0 atom stereocenters. The van der Waals surface area contributed by atoms with Crippen molar-refractivity contribution in [3.05, 3.63) is 96.7 Å². The van der Waals surface area contributed by atoms with Crippen LogP contribution in [0.1, 0.15) is 0 Å². The second kappa shape index (κ2) is 10.2. The molecule has 0 unspecified atom stereocenters. The Morgan fingerprint density at radius 3 is 1.39 bits per heavy atom. The highest BCUT2D eigenvalue weighted by atomic mass is 13.9. The Morgan fingerprint density at radius 2 is 0.944 bits per heavy atom. The molecule has 0 aromatic heterocycles. The molecular weight excluding hydrogens is 215 g/mol. The molecule has 0 aromatic rings. The maximum Gasteiger partial charge on any atom is 0.107 e. The van der Waals surface area contributed by atoms with Gasteiger partial charge in [-0.25, -0.2) is 0 Å². The monoisotopic (exact) mass is 234 g/mol. The van der Waals surface area contributed by atoms with Gasteiger partial charge in [0.05, 0.1) is 0 Å². The maximum atomic E-state index is 2.16. The quantitative estimate of drug-likeness (QED) is 0.604. The molecule has 0 amide bonds. The molecule has 1 rings (SSSR count). The van der Waals surface area contributed by atoms with Gasteiger partial charge in [0.2, 0.25) is 0 Å². The van der Waals surface area contributed by atoms with Crippen LogP contribution in [0, 0.1) is 0 Å². The normalized spacial score (nSPS) is 31.4. The summed E-state index contributed by atoms with van der Waals surface area (Å²) in [5, 5.41) is 0. The van der Waals surface area contributed by atoms with Crippen LogP contribution in [0.4, 0.5) is 0 Å². The molecule has 0 N–H and O–H groups in total. The molecule has 0 aromatic carbocycles. The minimum Gasteiger partial charge on any atom is -0.0623 e. The molecule has 90 valence electrons. The van der Waals surface area contributed by atoms with Crippen LogP contribution in [-0.2, 0) is 0 Å². The molecule has 0 saturated carbocycles. The molecular formula is C17H19B. The van der Waals surface area contributed by atoms with Crippen molar-refractivity contribution in [2.24, 2.45) is 0 Å². The van der Waals surface area contributed by atoms with E-state index in [0.717, 1.165) is 6.32 Å². The van der Waals surface area contributed by atoms with Crippen molar-refractivity contribution in [1.29, 1.82) is 0 Å². The highest BCUT2D eigenvalue weighted by Crippen LogP contribution is 2.02. The summed E-state index contributed by atoms with van der Waals surface area (Å²) in [7, 11) is 2.16. The van der Waals surface area contributed by atoms with Crippen molar-refractivity contribution in [1.82, 2.24) is 0 Å². The van der Waals surface area contributed by atoms with Gasteiger partial charge in [0.15, 0.2) is 0 Å². The fourth-order valence-electron chi connectivity index (χ4n) is 1.36. The van der Waals surface area contributed by atoms with Crippen LogP contribution in [0.15, 0.2) is 96.7 Å². The molecule has 0 bridgehead atoms. The van der Waals surface area contributed by atoms with E-state index in [1.807, 2.05) is 66.8 Å². The van der Waals surface area contributed by atoms with E-state index in [2.05, 4.69) is 32.2 Å². The smallest absolute Gasteiger partial charge is 0.0623 e. The summed E-state index contributed by atoms with van der Waals surface area (Å²) in [4.78, 5) is 0. The van der Waals surface area contributed by atoms with Crippen LogP contribution in [-0.4, -0.2) is 7.85 Å². The zero-order chi connectivity index (χ0) is 12.9. The number of hydrogen-bond donors (Lipinski definition) is 0. The second-order valence-electron chi connectivity index (χ2n) is 3.76. The molecule has 18 heavy (non-hydrogen) atoms. The highest BCUT2D eigenvalue weighted by molar-refractivity contribution is 6.10. The Hall–Kier alpha value is -2.02. The third-order valence-electron chi connectivity index (χ3n) is 2.36. The van der Waals surface area contributed by atoms with Crippen molar-refractivity contribution >= 4 is 7.85 Å². The fraction of sp³-hybridized carbons (Fsp3) is 0.0588. The fourth-order valence-corrected chi connectivity index (χ4v) is 1.36. The predicted molar refractivity (Wildman–Crippen MR) is 85.4 cm³/mol. The van der Waals surface area contributed by atoms with E-state index >= 15 is 0 Å². The maximum absolute atomic E-state index is 2.16. The largest absolute Gasteiger partial charge is 0.107 e. The molecule has 0 saturated heterocycles. The van der Waals surface area contributed by atoms with Crippen molar-refractivity contribution < 1.29 is 0 Å². The van der Waals surface area contributed by atoms with E-state index in [1.54, 1.807) is 0 Å². The number of rotatable bonds is 1. The highest BCUT2D eigenvalue weighted by Gasteiger charge is 1.83. The summed E-state index contributed by atoms with van der Waals surface area (Å²) < 4.78 is 0. The first-order valence-electron chi connectivity index (χ1n) is 6.30. The van der Waals surface area contributed by atoms with Gasteiger partial charge in [-0.05, 0) is 0 Å². The standard InChI is InChI=1S/C17H19B/c18-16-17-14-12-10-8-6-4-2-1-3-5-7-9-11-13-15-17/h1-15H,16,18H2/b2-1-,3-1?,4-2?,5-3-,6-4-,7-5?,8-6?,9-7-,10-8-,11-9?,12-10?,13-11-,14-12-,15-13?,17-14?,17-15+. The molecule has 0 nitrogen and oxygen atoms in total. The van der Waals surface area contributed by atoms with Crippen LogP contribution in [0.5, 0.6) is 0 Å². The van der Waals surface area contributed by atoms with E-state index in [9.17, 15) is 0 Å². The summed E-state index contributed by atoms with van der Waals surface area (Å²) in [5.74, 6) is 0. The zero-order valence-corrected chi connectivity index (χ0v) is 10.9. The summed E-state index contributed by atoms with van der Waals surface area (Å²) in [5.41, 5.74) is 1.32. The van der Waals surface area contributed by atoms with Gasteiger partial charge < -0.3 is 0 Å². The SMILES string of the molecule is BCC1=C/C=C\C=C/C=C\C=C/C=C\C=C/C=C\1. The van der Waals surface area contributed by atoms with Gasteiger partial charge in [0.1, 0.15) is 7.85 Å². The number of allylic oxidation sites excluding steroid dienone is 16. The third kappa shape index (κ3) is 7.29. The Labute approximate surface area is 111 Å². The van der Waals surface area contributed by atoms with Crippen LogP contribution >= 0.6 is 0 Å². The lowest BCUT2D eigenvalue weighted by Crippen LogP contribution is -1.74. The van der Waals surface area contributed by atoms with Gasteiger partial charge >= 0.3 is 0 Å². The second-order valence-corrected chi connectivity index (χ2v) is 3.76. The van der Waals surface area contributed by atoms with Crippen molar-refractivity contribution in [2.45, 2.75) is 6.32 Å². The average molecular weight is 234 g/mol. The Bertz CT molecular complexity index is 452. The van der Waals surface area contributed by atoms with E-state index in [-0.39, 0.29) is 0 Å². The lowest BCUT2D eigenvalue weighted by atomic mass is 9.96. The van der Waals surface area contributed by atoms with Gasteiger partial charge in [0, 0.05) is 0 Å². The minimum atomic E-state index is 1.04. The van der Waals surface area contributed by atoms with E-state index in [1.165, 1.54) is 5.57 Å². The lowest BCUT2D eigenvalue weighted by Gasteiger charge is -1.92. The topological polar surface area (TPSA) is 0 Å². The van der Waals surface area contributed by atoms with E-state index in [4.69, 9.17) is 0 Å². The average Bonchev–Trinajstić information content (AvgIpc) is 2.39. The Balaban J connectivity index is 2.82. The van der Waals surface area contributed by atoms with Gasteiger partial charge in [0.25, 0.3) is 0 Å². The van der Waals surface area contributed by atoms with E-state index in [0.29, 0.717) is 0 Å². The Morgan fingerprint density at radius 1 is 0.556 bits per heavy atom. The minimum absolute atomic E-state index is 1.04. The van der Waals surface area contributed by atoms with Crippen LogP contribution < -0.4 is 0 Å². The zero-order valence-electron chi connectivity index (χ0n) is 10.9. The predicted octanol–water partition coefficient (Wildman–Crippen LogP) is 3.87. The molecule has 0 radical (unpaired) electrons. The van der Waals surface area contributed by atoms with Gasteiger partial charge in [-0.1, -0.05) is 103 Å². The molecule has 0 fully saturated rings. The van der Waals surface area contributed by atoms with Crippen molar-refractivity contribution in [3.8, 4) is 0 Å². The number of hydrogen-bond acceptors (Lipinski definition) is 0. The van der Waals surface area contributed by atoms with Crippen molar-refractivity contribution in [2.75, 3.05) is 0 Å².